The van der Waals surface area contributed by atoms with Crippen LogP contribution in [0.5, 0.6) is 0 Å². The van der Waals surface area contributed by atoms with Crippen LogP contribution in [0.25, 0.3) is 16.5 Å². The summed E-state index contributed by atoms with van der Waals surface area (Å²) < 4.78 is 3.28. The number of fused-ring (bicyclic) bond motifs is 1. The van der Waals surface area contributed by atoms with E-state index in [-0.39, 0.29) is 18.0 Å². The molecule has 0 spiro atoms. The molecule has 152 valence electrons. The lowest BCUT2D eigenvalue weighted by atomic mass is 10.1. The molecule has 0 aliphatic carbocycles. The molecule has 0 fully saturated rings. The Balaban J connectivity index is 1.71. The molecule has 1 N–H and O–H groups in total. The number of anilines is 1. The molecule has 1 amide bonds. The van der Waals surface area contributed by atoms with Crippen molar-refractivity contribution in [2.24, 2.45) is 0 Å². The Bertz CT molecular complexity index is 1320. The lowest BCUT2D eigenvalue weighted by molar-refractivity contribution is -0.116. The van der Waals surface area contributed by atoms with E-state index in [2.05, 4.69) is 10.4 Å². The van der Waals surface area contributed by atoms with Crippen LogP contribution in [0, 0.1) is 27.7 Å². The molecule has 0 saturated carbocycles. The zero-order valence-corrected chi connectivity index (χ0v) is 17.6. The van der Waals surface area contributed by atoms with Gasteiger partial charge in [-0.3, -0.25) is 9.59 Å². The third-order valence-electron chi connectivity index (χ3n) is 5.72. The predicted octanol–water partition coefficient (Wildman–Crippen LogP) is 4.06. The van der Waals surface area contributed by atoms with Crippen LogP contribution in [0.2, 0.25) is 0 Å². The first-order chi connectivity index (χ1) is 14.4. The SMILES string of the molecule is Cc1cccc(NC(=O)Cn2c(C)c3cnn(-c4ccccc4)c(=O)c3c2C)c1C. The topological polar surface area (TPSA) is 68.9 Å². The highest BCUT2D eigenvalue weighted by molar-refractivity contribution is 5.93. The van der Waals surface area contributed by atoms with Crippen molar-refractivity contribution in [1.82, 2.24) is 14.3 Å². The molecule has 0 saturated heterocycles. The Kier molecular flexibility index (Phi) is 4.99. The van der Waals surface area contributed by atoms with Gasteiger partial charge in [0.25, 0.3) is 5.56 Å². The van der Waals surface area contributed by atoms with Crippen LogP contribution in [0.4, 0.5) is 5.69 Å². The fourth-order valence-electron chi connectivity index (χ4n) is 3.82. The van der Waals surface area contributed by atoms with Gasteiger partial charge in [0.15, 0.2) is 0 Å². The number of hydrogen-bond donors (Lipinski definition) is 1. The van der Waals surface area contributed by atoms with Gasteiger partial charge in [0, 0.05) is 22.5 Å². The second-order valence-corrected chi connectivity index (χ2v) is 7.54. The Morgan fingerprint density at radius 2 is 1.70 bits per heavy atom. The highest BCUT2D eigenvalue weighted by Gasteiger charge is 2.18. The van der Waals surface area contributed by atoms with E-state index in [1.165, 1.54) is 4.68 Å². The molecular weight excluding hydrogens is 376 g/mol. The molecule has 0 unspecified atom stereocenters. The van der Waals surface area contributed by atoms with Gasteiger partial charge < -0.3 is 9.88 Å². The number of benzene rings is 2. The van der Waals surface area contributed by atoms with E-state index in [0.717, 1.165) is 33.6 Å². The molecular formula is C24H24N4O2. The molecule has 6 nitrogen and oxygen atoms in total. The number of rotatable bonds is 4. The van der Waals surface area contributed by atoms with Crippen LogP contribution >= 0.6 is 0 Å². The van der Waals surface area contributed by atoms with E-state index in [9.17, 15) is 9.59 Å². The summed E-state index contributed by atoms with van der Waals surface area (Å²) in [5.74, 6) is -0.133. The monoisotopic (exact) mass is 400 g/mol. The molecule has 4 rings (SSSR count). The molecule has 2 aromatic heterocycles. The number of amides is 1. The molecule has 0 aliphatic rings. The minimum atomic E-state index is -0.187. The van der Waals surface area contributed by atoms with Gasteiger partial charge >= 0.3 is 0 Å². The number of nitrogens with zero attached hydrogens (tertiary/aromatic N) is 3. The molecule has 2 aromatic carbocycles. The predicted molar refractivity (Wildman–Crippen MR) is 119 cm³/mol. The first-order valence-electron chi connectivity index (χ1n) is 9.87. The molecule has 0 radical (unpaired) electrons. The number of hydrogen-bond acceptors (Lipinski definition) is 3. The first kappa shape index (κ1) is 19.6. The maximum absolute atomic E-state index is 13.2. The maximum Gasteiger partial charge on any atom is 0.281 e. The summed E-state index contributed by atoms with van der Waals surface area (Å²) in [6, 6.07) is 15.2. The number of para-hydroxylation sites is 1. The number of carbonyl (C=O) groups is 1. The minimum Gasteiger partial charge on any atom is -0.338 e. The molecule has 0 atom stereocenters. The lowest BCUT2D eigenvalue weighted by Gasteiger charge is -2.12. The van der Waals surface area contributed by atoms with Crippen molar-refractivity contribution in [3.8, 4) is 5.69 Å². The Hall–Kier alpha value is -3.67. The summed E-state index contributed by atoms with van der Waals surface area (Å²) >= 11 is 0. The zero-order valence-electron chi connectivity index (χ0n) is 17.6. The van der Waals surface area contributed by atoms with Crippen LogP contribution in [-0.4, -0.2) is 20.3 Å². The lowest BCUT2D eigenvalue weighted by Crippen LogP contribution is -2.22. The summed E-state index contributed by atoms with van der Waals surface area (Å²) in [6.45, 7) is 7.92. The smallest absolute Gasteiger partial charge is 0.281 e. The van der Waals surface area contributed by atoms with Crippen molar-refractivity contribution in [2.45, 2.75) is 34.2 Å². The molecule has 30 heavy (non-hydrogen) atoms. The number of nitrogens with one attached hydrogen (secondary N) is 1. The standard InChI is InChI=1S/C24H24N4O2/c1-15-9-8-12-21(16(15)2)26-22(29)14-27-17(3)20-13-25-28(19-10-6-5-7-11-19)24(30)23(20)18(27)4/h5-13H,14H2,1-4H3,(H,26,29). The molecule has 0 aliphatic heterocycles. The van der Waals surface area contributed by atoms with E-state index in [1.807, 2.05) is 80.8 Å². The minimum absolute atomic E-state index is 0.129. The average molecular weight is 400 g/mol. The van der Waals surface area contributed by atoms with Gasteiger partial charge in [0.05, 0.1) is 17.3 Å². The number of aromatic nitrogens is 3. The third kappa shape index (κ3) is 3.30. The van der Waals surface area contributed by atoms with Gasteiger partial charge in [0.1, 0.15) is 6.54 Å². The second kappa shape index (κ2) is 7.63. The van der Waals surface area contributed by atoms with Gasteiger partial charge in [-0.2, -0.15) is 9.78 Å². The van der Waals surface area contributed by atoms with Crippen molar-refractivity contribution < 1.29 is 4.79 Å². The summed E-state index contributed by atoms with van der Waals surface area (Å²) in [5.41, 5.74) is 5.11. The van der Waals surface area contributed by atoms with E-state index < -0.39 is 0 Å². The van der Waals surface area contributed by atoms with Gasteiger partial charge in [-0.1, -0.05) is 30.3 Å². The summed E-state index contributed by atoms with van der Waals surface area (Å²) in [5, 5.41) is 8.70. The van der Waals surface area contributed by atoms with Gasteiger partial charge in [-0.05, 0) is 57.0 Å². The van der Waals surface area contributed by atoms with Gasteiger partial charge in [0.2, 0.25) is 5.91 Å². The Labute approximate surface area is 174 Å². The van der Waals surface area contributed by atoms with Crippen molar-refractivity contribution >= 4 is 22.4 Å². The van der Waals surface area contributed by atoms with Crippen LogP contribution < -0.4 is 10.9 Å². The molecule has 2 heterocycles. The zero-order chi connectivity index (χ0) is 21.4. The van der Waals surface area contributed by atoms with Gasteiger partial charge in [-0.25, -0.2) is 0 Å². The number of carbonyl (C=O) groups excluding carboxylic acids is 1. The Morgan fingerprint density at radius 1 is 0.967 bits per heavy atom. The van der Waals surface area contributed by atoms with Crippen molar-refractivity contribution in [1.29, 1.82) is 0 Å². The Morgan fingerprint density at radius 3 is 2.43 bits per heavy atom. The van der Waals surface area contributed by atoms with Crippen LogP contribution in [0.1, 0.15) is 22.5 Å². The summed E-state index contributed by atoms with van der Waals surface area (Å²) in [6.07, 6.45) is 1.70. The van der Waals surface area contributed by atoms with Crippen LogP contribution in [0.15, 0.2) is 59.5 Å². The van der Waals surface area contributed by atoms with E-state index >= 15 is 0 Å². The molecule has 4 aromatic rings. The van der Waals surface area contributed by atoms with Gasteiger partial charge in [-0.15, -0.1) is 0 Å². The second-order valence-electron chi connectivity index (χ2n) is 7.54. The largest absolute Gasteiger partial charge is 0.338 e. The van der Waals surface area contributed by atoms with E-state index in [0.29, 0.717) is 11.1 Å². The number of aryl methyl sites for hydroxylation is 3. The molecule has 0 bridgehead atoms. The molecule has 6 heteroatoms. The van der Waals surface area contributed by atoms with Crippen LogP contribution in [-0.2, 0) is 11.3 Å². The summed E-state index contributed by atoms with van der Waals surface area (Å²) in [7, 11) is 0. The fraction of sp³-hybridized carbons (Fsp3) is 0.208. The third-order valence-corrected chi connectivity index (χ3v) is 5.72. The quantitative estimate of drug-likeness (QED) is 0.562. The van der Waals surface area contributed by atoms with Crippen molar-refractivity contribution in [3.63, 3.8) is 0 Å². The fourth-order valence-corrected chi connectivity index (χ4v) is 3.82. The van der Waals surface area contributed by atoms with Crippen molar-refractivity contribution in [2.75, 3.05) is 5.32 Å². The highest BCUT2D eigenvalue weighted by Crippen LogP contribution is 2.23. The summed E-state index contributed by atoms with van der Waals surface area (Å²) in [4.78, 5) is 25.9. The van der Waals surface area contributed by atoms with Crippen molar-refractivity contribution in [3.05, 3.63) is 87.6 Å². The average Bonchev–Trinajstić information content (AvgIpc) is 2.97. The normalized spacial score (nSPS) is 11.1. The first-order valence-corrected chi connectivity index (χ1v) is 9.87. The van der Waals surface area contributed by atoms with E-state index in [4.69, 9.17) is 0 Å². The van der Waals surface area contributed by atoms with E-state index in [1.54, 1.807) is 6.20 Å². The highest BCUT2D eigenvalue weighted by atomic mass is 16.2. The van der Waals surface area contributed by atoms with Crippen LogP contribution in [0.3, 0.4) is 0 Å². The maximum atomic E-state index is 13.2.